The number of aromatic nitrogens is 2. The lowest BCUT2D eigenvalue weighted by atomic mass is 10.0. The maximum absolute atomic E-state index is 13.0. The number of pyridine rings is 1. The molecule has 0 spiro atoms. The first-order chi connectivity index (χ1) is 18.0. The van der Waals surface area contributed by atoms with Crippen molar-refractivity contribution in [3.8, 4) is 28.8 Å². The molecular formula is C27H24ClN5O4. The zero-order valence-electron chi connectivity index (χ0n) is 20.0. The summed E-state index contributed by atoms with van der Waals surface area (Å²) in [6.07, 6.45) is 4.71. The van der Waals surface area contributed by atoms with Crippen molar-refractivity contribution in [1.29, 1.82) is 0 Å². The molecule has 188 valence electrons. The molecule has 10 heteroatoms. The first-order valence-corrected chi connectivity index (χ1v) is 12.4. The predicted molar refractivity (Wildman–Crippen MR) is 138 cm³/mol. The molecule has 0 unspecified atom stereocenters. The number of ether oxygens (including phenoxy) is 1. The highest BCUT2D eigenvalue weighted by molar-refractivity contribution is 6.32. The van der Waals surface area contributed by atoms with Gasteiger partial charge in [0.1, 0.15) is 0 Å². The molecule has 2 amide bonds. The highest BCUT2D eigenvalue weighted by atomic mass is 35.5. The number of aromatic amines is 1. The number of hydrogen-bond donors (Lipinski definition) is 4. The van der Waals surface area contributed by atoms with E-state index < -0.39 is 6.09 Å². The van der Waals surface area contributed by atoms with Gasteiger partial charge in [0.25, 0.3) is 5.91 Å². The summed E-state index contributed by atoms with van der Waals surface area (Å²) in [6.45, 7) is 0.532. The average molecular weight is 518 g/mol. The number of halogens is 1. The van der Waals surface area contributed by atoms with Gasteiger partial charge in [-0.3, -0.25) is 14.7 Å². The number of benzene rings is 1. The standard InChI is InChI=1S/C27H24ClN5O4/c1-37-25-18(28)3-2-4-20(25)32-24-22-19(8-10-30-26(22)34)31-23(24)17-7-9-29-13-14(17)5-6-16-11-15-12-21(15)33(16)27(35)36/h2-4,7,9,13,15-16,21,31-32H,8,10-12H2,1H3,(H,30,34)(H,35,36)/t15-,16+,21+/m1/s1. The van der Waals surface area contributed by atoms with Gasteiger partial charge >= 0.3 is 6.09 Å². The second-order valence-electron chi connectivity index (χ2n) is 9.38. The Morgan fingerprint density at radius 2 is 2.19 bits per heavy atom. The molecule has 4 N–H and O–H groups in total. The molecule has 9 nitrogen and oxygen atoms in total. The van der Waals surface area contributed by atoms with Gasteiger partial charge in [-0.1, -0.05) is 29.5 Å². The van der Waals surface area contributed by atoms with Crippen molar-refractivity contribution in [3.05, 3.63) is 58.5 Å². The summed E-state index contributed by atoms with van der Waals surface area (Å²) in [7, 11) is 1.54. The summed E-state index contributed by atoms with van der Waals surface area (Å²) in [5.41, 5.74) is 4.58. The number of carbonyl (C=O) groups is 2. The number of para-hydroxylation sites is 1. The van der Waals surface area contributed by atoms with Gasteiger partial charge < -0.3 is 25.5 Å². The number of H-pyrrole nitrogens is 1. The molecule has 1 aromatic carbocycles. The van der Waals surface area contributed by atoms with E-state index in [0.717, 1.165) is 24.1 Å². The third-order valence-electron chi connectivity index (χ3n) is 7.19. The fourth-order valence-corrected chi connectivity index (χ4v) is 5.64. The minimum atomic E-state index is -0.930. The quantitative estimate of drug-likeness (QED) is 0.384. The molecule has 2 fully saturated rings. The summed E-state index contributed by atoms with van der Waals surface area (Å²) in [5, 5.41) is 16.4. The van der Waals surface area contributed by atoms with Crippen LogP contribution in [0.15, 0.2) is 36.7 Å². The van der Waals surface area contributed by atoms with Gasteiger partial charge in [-0.25, -0.2) is 4.79 Å². The smallest absolute Gasteiger partial charge is 0.408 e. The molecular weight excluding hydrogens is 494 g/mol. The van der Waals surface area contributed by atoms with E-state index in [1.165, 1.54) is 12.0 Å². The maximum Gasteiger partial charge on any atom is 0.408 e. The lowest BCUT2D eigenvalue weighted by Gasteiger charge is -2.19. The number of carbonyl (C=O) groups excluding carboxylic acids is 1. The summed E-state index contributed by atoms with van der Waals surface area (Å²) in [5.74, 6) is 7.03. The summed E-state index contributed by atoms with van der Waals surface area (Å²) in [4.78, 5) is 33.9. The van der Waals surface area contributed by atoms with Gasteiger partial charge in [-0.05, 0) is 37.0 Å². The Balaban J connectivity index is 1.44. The largest absolute Gasteiger partial charge is 0.493 e. The van der Waals surface area contributed by atoms with Gasteiger partial charge in [0, 0.05) is 42.7 Å². The molecule has 6 rings (SSSR count). The number of hydrogen-bond acceptors (Lipinski definition) is 5. The highest BCUT2D eigenvalue weighted by Gasteiger charge is 2.53. The van der Waals surface area contributed by atoms with Gasteiger partial charge in [0.15, 0.2) is 5.75 Å². The molecule has 0 bridgehead atoms. The summed E-state index contributed by atoms with van der Waals surface area (Å²) < 4.78 is 5.51. The van der Waals surface area contributed by atoms with Crippen LogP contribution in [-0.4, -0.2) is 57.7 Å². The van der Waals surface area contributed by atoms with Gasteiger partial charge in [0.2, 0.25) is 0 Å². The minimum Gasteiger partial charge on any atom is -0.493 e. The van der Waals surface area contributed by atoms with E-state index in [-0.39, 0.29) is 18.0 Å². The minimum absolute atomic E-state index is 0.0855. The van der Waals surface area contributed by atoms with Crippen molar-refractivity contribution in [1.82, 2.24) is 20.2 Å². The van der Waals surface area contributed by atoms with Crippen molar-refractivity contribution in [3.63, 3.8) is 0 Å². The first kappa shape index (κ1) is 23.3. The molecule has 37 heavy (non-hydrogen) atoms. The number of amides is 2. The molecule has 2 aliphatic heterocycles. The van der Waals surface area contributed by atoms with Crippen molar-refractivity contribution in [2.75, 3.05) is 19.0 Å². The Labute approximate surface area is 218 Å². The lowest BCUT2D eigenvalue weighted by Crippen LogP contribution is -2.36. The van der Waals surface area contributed by atoms with Crippen molar-refractivity contribution < 1.29 is 19.4 Å². The van der Waals surface area contributed by atoms with E-state index in [1.807, 2.05) is 12.1 Å². The van der Waals surface area contributed by atoms with Crippen molar-refractivity contribution in [2.45, 2.75) is 31.3 Å². The molecule has 0 radical (unpaired) electrons. The molecule has 4 heterocycles. The van der Waals surface area contributed by atoms with E-state index in [0.29, 0.717) is 57.9 Å². The van der Waals surface area contributed by atoms with E-state index >= 15 is 0 Å². The van der Waals surface area contributed by atoms with Crippen LogP contribution in [0, 0.1) is 17.8 Å². The van der Waals surface area contributed by atoms with Crippen LogP contribution in [0.3, 0.4) is 0 Å². The maximum atomic E-state index is 13.0. The number of nitrogens with zero attached hydrogens (tertiary/aromatic N) is 2. The predicted octanol–water partition coefficient (Wildman–Crippen LogP) is 4.26. The molecule has 1 saturated carbocycles. The van der Waals surface area contributed by atoms with Crippen LogP contribution < -0.4 is 15.4 Å². The number of methoxy groups -OCH3 is 1. The van der Waals surface area contributed by atoms with E-state index in [9.17, 15) is 14.7 Å². The number of fused-ring (bicyclic) bond motifs is 2. The topological polar surface area (TPSA) is 120 Å². The van der Waals surface area contributed by atoms with E-state index in [4.69, 9.17) is 16.3 Å². The van der Waals surface area contributed by atoms with Gasteiger partial charge in [-0.15, -0.1) is 0 Å². The number of nitrogens with one attached hydrogen (secondary N) is 3. The number of piperidine rings is 1. The number of carboxylic acid groups (broad SMARTS) is 1. The van der Waals surface area contributed by atoms with Crippen LogP contribution >= 0.6 is 11.6 Å². The fraction of sp³-hybridized carbons (Fsp3) is 0.296. The average Bonchev–Trinajstić information content (AvgIpc) is 3.38. The zero-order chi connectivity index (χ0) is 25.7. The monoisotopic (exact) mass is 517 g/mol. The van der Waals surface area contributed by atoms with Crippen LogP contribution in [0.25, 0.3) is 11.3 Å². The first-order valence-electron chi connectivity index (χ1n) is 12.1. The second-order valence-corrected chi connectivity index (χ2v) is 9.78. The Morgan fingerprint density at radius 3 is 3.00 bits per heavy atom. The van der Waals surface area contributed by atoms with Crippen LogP contribution in [0.5, 0.6) is 5.75 Å². The number of likely N-dealkylation sites (tertiary alicyclic amines) is 1. The third kappa shape index (κ3) is 4.03. The SMILES string of the molecule is COc1c(Cl)cccc1Nc1c(-c2ccncc2C#C[C@H]2C[C@@H]3C[C@@H]3N2C(=O)O)[nH]c2c1C(=O)NCC2. The van der Waals surface area contributed by atoms with Crippen molar-refractivity contribution >= 4 is 35.0 Å². The van der Waals surface area contributed by atoms with Crippen LogP contribution in [0.2, 0.25) is 5.02 Å². The molecule has 3 aromatic rings. The molecule has 2 aromatic heterocycles. The normalized spacial score (nSPS) is 21.3. The van der Waals surface area contributed by atoms with E-state index in [2.05, 4.69) is 32.4 Å². The van der Waals surface area contributed by atoms with Crippen LogP contribution in [-0.2, 0) is 6.42 Å². The molecule has 1 saturated heterocycles. The molecule has 1 aliphatic carbocycles. The van der Waals surface area contributed by atoms with Crippen molar-refractivity contribution in [2.24, 2.45) is 5.92 Å². The van der Waals surface area contributed by atoms with Gasteiger partial charge in [0.05, 0.1) is 46.4 Å². The Morgan fingerprint density at radius 1 is 1.32 bits per heavy atom. The summed E-state index contributed by atoms with van der Waals surface area (Å²) in [6, 6.07) is 6.94. The molecule has 3 atom stereocenters. The Kier molecular flexibility index (Phi) is 5.69. The van der Waals surface area contributed by atoms with Crippen LogP contribution in [0.4, 0.5) is 16.2 Å². The second kappa shape index (κ2) is 9.05. The summed E-state index contributed by atoms with van der Waals surface area (Å²) >= 11 is 6.35. The van der Waals surface area contributed by atoms with E-state index in [1.54, 1.807) is 24.5 Å². The fourth-order valence-electron chi connectivity index (χ4n) is 5.39. The molecule has 3 aliphatic rings. The Bertz CT molecular complexity index is 1490. The third-order valence-corrected chi connectivity index (χ3v) is 7.48. The zero-order valence-corrected chi connectivity index (χ0v) is 20.7. The highest BCUT2D eigenvalue weighted by Crippen LogP contribution is 2.47. The lowest BCUT2D eigenvalue weighted by molar-refractivity contribution is 0.0946. The number of rotatable bonds is 4. The van der Waals surface area contributed by atoms with Gasteiger partial charge in [-0.2, -0.15) is 0 Å². The van der Waals surface area contributed by atoms with Crippen LogP contribution in [0.1, 0.15) is 34.5 Å². The Hall–Kier alpha value is -4.16. The number of anilines is 2.